The Bertz CT molecular complexity index is 880. The smallest absolute Gasteiger partial charge is 0.310 e. The summed E-state index contributed by atoms with van der Waals surface area (Å²) in [5, 5.41) is 0. The largest absolute Gasteiger partial charge is 0.491 e. The maximum absolute atomic E-state index is 12.5. The van der Waals surface area contributed by atoms with Crippen LogP contribution in [0.15, 0.2) is 48.5 Å². The van der Waals surface area contributed by atoms with Crippen molar-refractivity contribution >= 4 is 11.9 Å². The minimum Gasteiger partial charge on any atom is -0.491 e. The Balaban J connectivity index is 1.51. The van der Waals surface area contributed by atoms with Crippen LogP contribution in [0.3, 0.4) is 0 Å². The molecule has 32 heavy (non-hydrogen) atoms. The van der Waals surface area contributed by atoms with Gasteiger partial charge in [0.2, 0.25) is 5.91 Å². The van der Waals surface area contributed by atoms with Gasteiger partial charge in [0.1, 0.15) is 12.4 Å². The molecule has 0 aromatic heterocycles. The van der Waals surface area contributed by atoms with Crippen molar-refractivity contribution in [2.45, 2.75) is 45.1 Å². The second-order valence-electron chi connectivity index (χ2n) is 8.33. The van der Waals surface area contributed by atoms with Crippen LogP contribution in [0.5, 0.6) is 5.75 Å². The number of nitrogens with zero attached hydrogens (tertiary/aromatic N) is 1. The summed E-state index contributed by atoms with van der Waals surface area (Å²) in [6.45, 7) is 3.38. The Hall–Kier alpha value is -2.86. The van der Waals surface area contributed by atoms with Crippen LogP contribution in [0.4, 0.5) is 0 Å². The maximum Gasteiger partial charge on any atom is 0.310 e. The normalized spacial score (nSPS) is 18.1. The predicted octanol–water partition coefficient (Wildman–Crippen LogP) is 3.81. The summed E-state index contributed by atoms with van der Waals surface area (Å²) in [5.74, 6) is 0.894. The van der Waals surface area contributed by atoms with Gasteiger partial charge in [-0.2, -0.15) is 0 Å². The Morgan fingerprint density at radius 2 is 1.72 bits per heavy atom. The molecule has 0 aliphatic carbocycles. The average Bonchev–Trinajstić information content (AvgIpc) is 3.07. The number of amides is 1. The molecule has 0 radical (unpaired) electrons. The monoisotopic (exact) mass is 438 g/mol. The van der Waals surface area contributed by atoms with Gasteiger partial charge in [-0.25, -0.2) is 0 Å². The minimum absolute atomic E-state index is 0.0920. The van der Waals surface area contributed by atoms with Gasteiger partial charge in [0.15, 0.2) is 0 Å². The van der Waals surface area contributed by atoms with Crippen molar-refractivity contribution in [3.63, 3.8) is 0 Å². The van der Waals surface area contributed by atoms with E-state index in [1.165, 1.54) is 0 Å². The van der Waals surface area contributed by atoms with E-state index >= 15 is 0 Å². The molecule has 1 fully saturated rings. The standard InChI is InChI=1S/C26H34N2O4/c1-3-31-25(29)16-19-7-9-20(10-8-19)21-11-13-24(14-12-21)32-18-23-17-22(6-4-5-15-27)26(30)28(23)2/h7-14,22-23H,3-6,15-18,27H2,1-2H3/t22-,23+/m1/s1. The number of likely N-dealkylation sites (N-methyl/N-ethyl adjacent to an activating group) is 1. The molecule has 6 nitrogen and oxygen atoms in total. The van der Waals surface area contributed by atoms with E-state index in [-0.39, 0.29) is 30.3 Å². The lowest BCUT2D eigenvalue weighted by molar-refractivity contribution is -0.142. The molecule has 1 heterocycles. The molecule has 1 aliphatic rings. The molecule has 3 rings (SSSR count). The number of rotatable bonds is 11. The fourth-order valence-electron chi connectivity index (χ4n) is 4.14. The summed E-state index contributed by atoms with van der Waals surface area (Å²) in [4.78, 5) is 25.9. The molecule has 0 saturated carbocycles. The van der Waals surface area contributed by atoms with Gasteiger partial charge in [-0.05, 0) is 61.6 Å². The Morgan fingerprint density at radius 1 is 1.06 bits per heavy atom. The summed E-state index contributed by atoms with van der Waals surface area (Å²) in [6, 6.07) is 16.0. The maximum atomic E-state index is 12.5. The third-order valence-corrected chi connectivity index (χ3v) is 6.05. The van der Waals surface area contributed by atoms with E-state index in [9.17, 15) is 9.59 Å². The van der Waals surface area contributed by atoms with Crippen LogP contribution in [-0.2, 0) is 20.7 Å². The highest BCUT2D eigenvalue weighted by Crippen LogP contribution is 2.29. The molecular weight excluding hydrogens is 404 g/mol. The van der Waals surface area contributed by atoms with Crippen LogP contribution in [-0.4, -0.2) is 49.6 Å². The lowest BCUT2D eigenvalue weighted by Gasteiger charge is -2.20. The number of carbonyl (C=O) groups excluding carboxylic acids is 2. The molecule has 172 valence electrons. The molecule has 2 N–H and O–H groups in total. The quantitative estimate of drug-likeness (QED) is 0.426. The highest BCUT2D eigenvalue weighted by Gasteiger charge is 2.36. The Labute approximate surface area is 190 Å². The molecular formula is C26H34N2O4. The van der Waals surface area contributed by atoms with Crippen molar-refractivity contribution in [3.8, 4) is 16.9 Å². The molecule has 2 aromatic carbocycles. The zero-order chi connectivity index (χ0) is 22.9. The number of ether oxygens (including phenoxy) is 2. The number of carbonyl (C=O) groups is 2. The third-order valence-electron chi connectivity index (χ3n) is 6.05. The molecule has 2 atom stereocenters. The highest BCUT2D eigenvalue weighted by molar-refractivity contribution is 5.81. The van der Waals surface area contributed by atoms with E-state index in [1.54, 1.807) is 0 Å². The molecule has 1 amide bonds. The van der Waals surface area contributed by atoms with Gasteiger partial charge in [-0.3, -0.25) is 9.59 Å². The molecule has 0 spiro atoms. The van der Waals surface area contributed by atoms with Crippen LogP contribution in [0.25, 0.3) is 11.1 Å². The summed E-state index contributed by atoms with van der Waals surface area (Å²) < 4.78 is 11.0. The summed E-state index contributed by atoms with van der Waals surface area (Å²) in [6.07, 6.45) is 4.00. The fraction of sp³-hybridized carbons (Fsp3) is 0.462. The highest BCUT2D eigenvalue weighted by atomic mass is 16.5. The molecule has 0 bridgehead atoms. The van der Waals surface area contributed by atoms with Crippen molar-refractivity contribution in [1.82, 2.24) is 4.90 Å². The molecule has 1 saturated heterocycles. The van der Waals surface area contributed by atoms with Gasteiger partial charge in [0.25, 0.3) is 0 Å². The SMILES string of the molecule is CCOC(=O)Cc1ccc(-c2ccc(OC[C@@H]3C[C@@H](CCCCN)C(=O)N3C)cc2)cc1. The number of benzene rings is 2. The van der Waals surface area contributed by atoms with Crippen molar-refractivity contribution in [1.29, 1.82) is 0 Å². The fourth-order valence-corrected chi connectivity index (χ4v) is 4.14. The first-order valence-corrected chi connectivity index (χ1v) is 11.5. The number of hydrogen-bond donors (Lipinski definition) is 1. The van der Waals surface area contributed by atoms with Crippen molar-refractivity contribution in [2.75, 3.05) is 26.8 Å². The van der Waals surface area contributed by atoms with E-state index in [1.807, 2.05) is 67.4 Å². The van der Waals surface area contributed by atoms with Crippen molar-refractivity contribution < 1.29 is 19.1 Å². The van der Waals surface area contributed by atoms with Gasteiger partial charge in [-0.15, -0.1) is 0 Å². The minimum atomic E-state index is -0.210. The summed E-state index contributed by atoms with van der Waals surface area (Å²) >= 11 is 0. The van der Waals surface area contributed by atoms with Crippen LogP contribution >= 0.6 is 0 Å². The Morgan fingerprint density at radius 3 is 2.34 bits per heavy atom. The van der Waals surface area contributed by atoms with Gasteiger partial charge < -0.3 is 20.1 Å². The zero-order valence-corrected chi connectivity index (χ0v) is 19.1. The first-order valence-electron chi connectivity index (χ1n) is 11.5. The van der Waals surface area contributed by atoms with Crippen LogP contribution in [0, 0.1) is 5.92 Å². The van der Waals surface area contributed by atoms with E-state index in [2.05, 4.69) is 0 Å². The number of likely N-dealkylation sites (tertiary alicyclic amines) is 1. The lowest BCUT2D eigenvalue weighted by Crippen LogP contribution is -2.33. The average molecular weight is 439 g/mol. The van der Waals surface area contributed by atoms with E-state index in [4.69, 9.17) is 15.2 Å². The van der Waals surface area contributed by atoms with Crippen LogP contribution in [0.1, 0.15) is 38.2 Å². The molecule has 6 heteroatoms. The van der Waals surface area contributed by atoms with Gasteiger partial charge in [-0.1, -0.05) is 42.8 Å². The predicted molar refractivity (Wildman–Crippen MR) is 125 cm³/mol. The third kappa shape index (κ3) is 6.33. The summed E-state index contributed by atoms with van der Waals surface area (Å²) in [5.41, 5.74) is 8.65. The summed E-state index contributed by atoms with van der Waals surface area (Å²) in [7, 11) is 1.87. The van der Waals surface area contributed by atoms with Gasteiger partial charge in [0, 0.05) is 13.0 Å². The van der Waals surface area contributed by atoms with Crippen molar-refractivity contribution in [3.05, 3.63) is 54.1 Å². The van der Waals surface area contributed by atoms with Gasteiger partial charge >= 0.3 is 5.97 Å². The Kier molecular flexibility index (Phi) is 8.68. The first kappa shape index (κ1) is 23.8. The zero-order valence-electron chi connectivity index (χ0n) is 19.1. The number of hydrogen-bond acceptors (Lipinski definition) is 5. The molecule has 2 aromatic rings. The topological polar surface area (TPSA) is 81.9 Å². The van der Waals surface area contributed by atoms with Crippen molar-refractivity contribution in [2.24, 2.45) is 11.7 Å². The number of esters is 1. The van der Waals surface area contributed by atoms with Crippen LogP contribution in [0.2, 0.25) is 0 Å². The van der Waals surface area contributed by atoms with E-state index in [0.717, 1.165) is 48.1 Å². The van der Waals surface area contributed by atoms with E-state index < -0.39 is 0 Å². The first-order chi connectivity index (χ1) is 15.5. The van der Waals surface area contributed by atoms with Crippen LogP contribution < -0.4 is 10.5 Å². The van der Waals surface area contributed by atoms with Gasteiger partial charge in [0.05, 0.1) is 19.1 Å². The van der Waals surface area contributed by atoms with E-state index in [0.29, 0.717) is 19.8 Å². The number of nitrogens with two attached hydrogens (primary N) is 1. The molecule has 0 unspecified atom stereocenters. The second-order valence-corrected chi connectivity index (χ2v) is 8.33. The lowest BCUT2D eigenvalue weighted by atomic mass is 9.98. The molecule has 1 aliphatic heterocycles. The number of unbranched alkanes of at least 4 members (excludes halogenated alkanes) is 1. The second kappa shape index (κ2) is 11.7.